The van der Waals surface area contributed by atoms with Crippen molar-refractivity contribution < 1.29 is 9.53 Å². The average Bonchev–Trinajstić information content (AvgIpc) is 2.85. The molecule has 21 heavy (non-hydrogen) atoms. The van der Waals surface area contributed by atoms with E-state index in [1.54, 1.807) is 0 Å². The monoisotopic (exact) mass is 287 g/mol. The fraction of sp³-hybridized carbons (Fsp3) is 0.500. The first-order valence-corrected chi connectivity index (χ1v) is 7.12. The number of carbonyl (C=O) groups is 1. The molecule has 1 aliphatic rings. The highest BCUT2D eigenvalue weighted by Crippen LogP contribution is 2.21. The van der Waals surface area contributed by atoms with Crippen LogP contribution in [0.2, 0.25) is 0 Å². The van der Waals surface area contributed by atoms with E-state index in [1.165, 1.54) is 0 Å². The summed E-state index contributed by atoms with van der Waals surface area (Å²) in [5.74, 6) is 0. The summed E-state index contributed by atoms with van der Waals surface area (Å²) in [6, 6.07) is 9.70. The van der Waals surface area contributed by atoms with E-state index >= 15 is 0 Å². The first-order valence-electron chi connectivity index (χ1n) is 7.12. The van der Waals surface area contributed by atoms with Crippen LogP contribution >= 0.6 is 0 Å². The van der Waals surface area contributed by atoms with Gasteiger partial charge in [0, 0.05) is 18.8 Å². The Morgan fingerprint density at radius 2 is 2.05 bits per heavy atom. The number of alkyl carbamates (subject to hydrolysis) is 1. The Kier molecular flexibility index (Phi) is 4.37. The maximum Gasteiger partial charge on any atom is 0.407 e. The van der Waals surface area contributed by atoms with Gasteiger partial charge in [-0.3, -0.25) is 0 Å². The molecule has 0 spiro atoms. The van der Waals surface area contributed by atoms with Crippen LogP contribution in [0, 0.1) is 11.3 Å². The molecule has 112 valence electrons. The Bertz CT molecular complexity index is 540. The normalized spacial score (nSPS) is 18.2. The number of ether oxygens (including phenoxy) is 1. The van der Waals surface area contributed by atoms with Crippen LogP contribution < -0.4 is 10.2 Å². The molecule has 5 nitrogen and oxygen atoms in total. The van der Waals surface area contributed by atoms with Crippen molar-refractivity contribution in [1.82, 2.24) is 5.32 Å². The van der Waals surface area contributed by atoms with Gasteiger partial charge in [0.05, 0.1) is 17.7 Å². The van der Waals surface area contributed by atoms with Gasteiger partial charge in [0.25, 0.3) is 0 Å². The van der Waals surface area contributed by atoms with Gasteiger partial charge in [-0.15, -0.1) is 0 Å². The Balaban J connectivity index is 1.88. The van der Waals surface area contributed by atoms with Gasteiger partial charge in [0.2, 0.25) is 0 Å². The van der Waals surface area contributed by atoms with E-state index in [4.69, 9.17) is 10.00 Å². The molecular formula is C16H21N3O2. The Morgan fingerprint density at radius 3 is 2.62 bits per heavy atom. The summed E-state index contributed by atoms with van der Waals surface area (Å²) in [7, 11) is 0. The number of amides is 1. The number of benzene rings is 1. The summed E-state index contributed by atoms with van der Waals surface area (Å²) in [4.78, 5) is 14.0. The number of nitriles is 1. The van der Waals surface area contributed by atoms with E-state index in [0.29, 0.717) is 5.56 Å². The van der Waals surface area contributed by atoms with Crippen LogP contribution in [0.15, 0.2) is 24.3 Å². The van der Waals surface area contributed by atoms with Gasteiger partial charge < -0.3 is 15.0 Å². The van der Waals surface area contributed by atoms with Crippen molar-refractivity contribution >= 4 is 11.8 Å². The van der Waals surface area contributed by atoms with Crippen molar-refractivity contribution in [2.24, 2.45) is 0 Å². The maximum atomic E-state index is 11.8. The van der Waals surface area contributed by atoms with Crippen LogP contribution in [0.5, 0.6) is 0 Å². The molecule has 1 saturated heterocycles. The van der Waals surface area contributed by atoms with E-state index in [0.717, 1.165) is 25.2 Å². The zero-order valence-corrected chi connectivity index (χ0v) is 12.7. The van der Waals surface area contributed by atoms with Crippen molar-refractivity contribution in [2.75, 3.05) is 18.0 Å². The van der Waals surface area contributed by atoms with Crippen molar-refractivity contribution in [3.05, 3.63) is 29.8 Å². The number of hydrogen-bond donors (Lipinski definition) is 1. The summed E-state index contributed by atoms with van der Waals surface area (Å²) in [5.41, 5.74) is 1.25. The average molecular weight is 287 g/mol. The minimum absolute atomic E-state index is 0.0930. The molecule has 1 N–H and O–H groups in total. The summed E-state index contributed by atoms with van der Waals surface area (Å²) in [5, 5.41) is 11.7. The van der Waals surface area contributed by atoms with Crippen molar-refractivity contribution in [2.45, 2.75) is 38.8 Å². The Hall–Kier alpha value is -2.22. The molecule has 0 radical (unpaired) electrons. The van der Waals surface area contributed by atoms with Gasteiger partial charge in [-0.05, 0) is 51.5 Å². The molecule has 1 atom stereocenters. The number of nitrogens with zero attached hydrogens (tertiary/aromatic N) is 2. The highest BCUT2D eigenvalue weighted by atomic mass is 16.6. The number of rotatable bonds is 2. The van der Waals surface area contributed by atoms with Crippen LogP contribution in [0.3, 0.4) is 0 Å². The van der Waals surface area contributed by atoms with E-state index in [-0.39, 0.29) is 12.1 Å². The van der Waals surface area contributed by atoms with Crippen LogP contribution in [0.1, 0.15) is 32.8 Å². The summed E-state index contributed by atoms with van der Waals surface area (Å²) < 4.78 is 5.27. The molecule has 5 heteroatoms. The number of anilines is 1. The molecule has 0 aliphatic carbocycles. The molecule has 1 aromatic carbocycles. The number of nitrogens with one attached hydrogen (secondary N) is 1. The Labute approximate surface area is 125 Å². The smallest absolute Gasteiger partial charge is 0.407 e. The topological polar surface area (TPSA) is 65.4 Å². The molecule has 2 rings (SSSR count). The second kappa shape index (κ2) is 6.04. The lowest BCUT2D eigenvalue weighted by atomic mass is 10.2. The Morgan fingerprint density at radius 1 is 1.38 bits per heavy atom. The van der Waals surface area contributed by atoms with E-state index in [2.05, 4.69) is 16.3 Å². The standard InChI is InChI=1S/C16H21N3O2/c1-16(2,3)21-15(20)18-13-8-9-19(11-13)14-6-4-12(10-17)5-7-14/h4-7,13H,8-9,11H2,1-3H3,(H,18,20)/t13-/m0/s1. The van der Waals surface area contributed by atoms with Gasteiger partial charge in [0.1, 0.15) is 5.60 Å². The predicted octanol–water partition coefficient (Wildman–Crippen LogP) is 2.66. The zero-order chi connectivity index (χ0) is 15.5. The third-order valence-corrected chi connectivity index (χ3v) is 3.27. The minimum atomic E-state index is -0.477. The predicted molar refractivity (Wildman–Crippen MR) is 81.1 cm³/mol. The third kappa shape index (κ3) is 4.38. The maximum absolute atomic E-state index is 11.8. The molecule has 1 heterocycles. The van der Waals surface area contributed by atoms with E-state index in [9.17, 15) is 4.79 Å². The lowest BCUT2D eigenvalue weighted by Gasteiger charge is -2.22. The first-order chi connectivity index (χ1) is 9.87. The van der Waals surface area contributed by atoms with E-state index < -0.39 is 5.60 Å². The molecule has 1 aliphatic heterocycles. The van der Waals surface area contributed by atoms with Crippen LogP contribution in [-0.2, 0) is 4.74 Å². The quantitative estimate of drug-likeness (QED) is 0.908. The molecule has 1 aromatic rings. The number of carbonyl (C=O) groups excluding carboxylic acids is 1. The van der Waals surface area contributed by atoms with Crippen molar-refractivity contribution in [3.8, 4) is 6.07 Å². The lowest BCUT2D eigenvalue weighted by molar-refractivity contribution is 0.0509. The van der Waals surface area contributed by atoms with E-state index in [1.807, 2.05) is 45.0 Å². The van der Waals surface area contributed by atoms with Gasteiger partial charge in [-0.25, -0.2) is 4.79 Å². The van der Waals surface area contributed by atoms with Gasteiger partial charge >= 0.3 is 6.09 Å². The highest BCUT2D eigenvalue weighted by molar-refractivity contribution is 5.68. The molecular weight excluding hydrogens is 266 g/mol. The second-order valence-electron chi connectivity index (χ2n) is 6.24. The van der Waals surface area contributed by atoms with Crippen molar-refractivity contribution in [1.29, 1.82) is 5.26 Å². The molecule has 0 saturated carbocycles. The highest BCUT2D eigenvalue weighted by Gasteiger charge is 2.26. The van der Waals surface area contributed by atoms with Crippen LogP contribution in [0.4, 0.5) is 10.5 Å². The fourth-order valence-corrected chi connectivity index (χ4v) is 2.33. The minimum Gasteiger partial charge on any atom is -0.444 e. The summed E-state index contributed by atoms with van der Waals surface area (Å²) >= 11 is 0. The van der Waals surface area contributed by atoms with Gasteiger partial charge in [-0.1, -0.05) is 0 Å². The molecule has 0 unspecified atom stereocenters. The first kappa shape index (κ1) is 15.2. The number of hydrogen-bond acceptors (Lipinski definition) is 4. The van der Waals surface area contributed by atoms with Crippen LogP contribution in [0.25, 0.3) is 0 Å². The molecule has 0 aromatic heterocycles. The van der Waals surface area contributed by atoms with Crippen LogP contribution in [-0.4, -0.2) is 30.8 Å². The molecule has 1 fully saturated rings. The van der Waals surface area contributed by atoms with Crippen molar-refractivity contribution in [3.63, 3.8) is 0 Å². The summed E-state index contributed by atoms with van der Waals surface area (Å²) in [6.45, 7) is 7.19. The third-order valence-electron chi connectivity index (χ3n) is 3.27. The largest absolute Gasteiger partial charge is 0.444 e. The molecule has 0 bridgehead atoms. The SMILES string of the molecule is CC(C)(C)OC(=O)N[C@H]1CCN(c2ccc(C#N)cc2)C1. The van der Waals surface area contributed by atoms with Gasteiger partial charge in [-0.2, -0.15) is 5.26 Å². The summed E-state index contributed by atoms with van der Waals surface area (Å²) in [6.07, 6.45) is 0.522. The lowest BCUT2D eigenvalue weighted by Crippen LogP contribution is -2.40. The van der Waals surface area contributed by atoms with Gasteiger partial charge in [0.15, 0.2) is 0 Å². The second-order valence-corrected chi connectivity index (χ2v) is 6.24. The fourth-order valence-electron chi connectivity index (χ4n) is 2.33. The zero-order valence-electron chi connectivity index (χ0n) is 12.7. The molecule has 1 amide bonds.